The summed E-state index contributed by atoms with van der Waals surface area (Å²) in [5.74, 6) is -1.36. The lowest BCUT2D eigenvalue weighted by Crippen LogP contribution is -2.42. The molecule has 1 aliphatic heterocycles. The molecule has 1 amide bonds. The first-order valence-corrected chi connectivity index (χ1v) is 7.59. The largest absolute Gasteiger partial charge is 0.481 e. The van der Waals surface area contributed by atoms with Crippen molar-refractivity contribution in [3.8, 4) is 0 Å². The van der Waals surface area contributed by atoms with E-state index in [9.17, 15) is 9.59 Å². The standard InChI is InChI=1S/C15H23N3O3/c1-3-4-8-18-10-13(11(2)16-18)14(19)17-7-5-6-12(9-17)15(20)21/h10,12H,3-9H2,1-2H3,(H,20,21). The van der Waals surface area contributed by atoms with Crippen LogP contribution in [0.15, 0.2) is 6.20 Å². The van der Waals surface area contributed by atoms with Crippen molar-refractivity contribution in [2.45, 2.75) is 46.1 Å². The van der Waals surface area contributed by atoms with Gasteiger partial charge in [0.05, 0.1) is 17.2 Å². The summed E-state index contributed by atoms with van der Waals surface area (Å²) in [5, 5.41) is 13.5. The summed E-state index contributed by atoms with van der Waals surface area (Å²) in [6.07, 6.45) is 5.28. The Labute approximate surface area is 124 Å². The van der Waals surface area contributed by atoms with Gasteiger partial charge in [0, 0.05) is 25.8 Å². The van der Waals surface area contributed by atoms with E-state index in [0.29, 0.717) is 30.8 Å². The maximum absolute atomic E-state index is 12.6. The van der Waals surface area contributed by atoms with Gasteiger partial charge >= 0.3 is 5.97 Å². The van der Waals surface area contributed by atoms with E-state index in [4.69, 9.17) is 5.11 Å². The van der Waals surface area contributed by atoms with Crippen molar-refractivity contribution in [1.82, 2.24) is 14.7 Å². The van der Waals surface area contributed by atoms with Crippen LogP contribution in [0.1, 0.15) is 48.7 Å². The van der Waals surface area contributed by atoms with E-state index in [2.05, 4.69) is 12.0 Å². The van der Waals surface area contributed by atoms with Crippen molar-refractivity contribution in [2.24, 2.45) is 5.92 Å². The molecule has 1 fully saturated rings. The van der Waals surface area contributed by atoms with E-state index in [-0.39, 0.29) is 5.91 Å². The number of aromatic nitrogens is 2. The Kier molecular flexibility index (Phi) is 4.98. The third kappa shape index (κ3) is 3.62. The number of hydrogen-bond donors (Lipinski definition) is 1. The average Bonchev–Trinajstić information content (AvgIpc) is 2.85. The first-order valence-electron chi connectivity index (χ1n) is 7.59. The van der Waals surface area contributed by atoms with Crippen LogP contribution in [-0.4, -0.2) is 44.8 Å². The minimum absolute atomic E-state index is 0.0961. The third-order valence-electron chi connectivity index (χ3n) is 3.98. The van der Waals surface area contributed by atoms with Crippen molar-refractivity contribution in [3.05, 3.63) is 17.5 Å². The molecule has 0 saturated carbocycles. The van der Waals surface area contributed by atoms with E-state index in [0.717, 1.165) is 25.8 Å². The first kappa shape index (κ1) is 15.5. The molecule has 21 heavy (non-hydrogen) atoms. The van der Waals surface area contributed by atoms with Gasteiger partial charge in [0.25, 0.3) is 5.91 Å². The molecule has 1 saturated heterocycles. The number of aryl methyl sites for hydroxylation is 2. The van der Waals surface area contributed by atoms with Gasteiger partial charge in [-0.15, -0.1) is 0 Å². The second kappa shape index (κ2) is 6.74. The summed E-state index contributed by atoms with van der Waals surface area (Å²) >= 11 is 0. The van der Waals surface area contributed by atoms with Crippen LogP contribution in [0.2, 0.25) is 0 Å². The van der Waals surface area contributed by atoms with Crippen LogP contribution in [0.3, 0.4) is 0 Å². The summed E-state index contributed by atoms with van der Waals surface area (Å²) in [6, 6.07) is 0. The lowest BCUT2D eigenvalue weighted by Gasteiger charge is -2.30. The van der Waals surface area contributed by atoms with E-state index >= 15 is 0 Å². The molecule has 0 bridgehead atoms. The summed E-state index contributed by atoms with van der Waals surface area (Å²) in [7, 11) is 0. The second-order valence-electron chi connectivity index (χ2n) is 5.67. The molecule has 1 unspecified atom stereocenters. The number of carboxylic acid groups (broad SMARTS) is 1. The highest BCUT2D eigenvalue weighted by atomic mass is 16.4. The highest BCUT2D eigenvalue weighted by Crippen LogP contribution is 2.20. The van der Waals surface area contributed by atoms with Gasteiger partial charge in [-0.25, -0.2) is 0 Å². The maximum atomic E-state index is 12.6. The van der Waals surface area contributed by atoms with Gasteiger partial charge in [-0.1, -0.05) is 13.3 Å². The fourth-order valence-electron chi connectivity index (χ4n) is 2.70. The van der Waals surface area contributed by atoms with E-state index in [1.165, 1.54) is 0 Å². The monoisotopic (exact) mass is 293 g/mol. The smallest absolute Gasteiger partial charge is 0.308 e. The molecule has 6 nitrogen and oxygen atoms in total. The van der Waals surface area contributed by atoms with Crippen molar-refractivity contribution in [3.63, 3.8) is 0 Å². The van der Waals surface area contributed by atoms with Crippen LogP contribution in [0, 0.1) is 12.8 Å². The Morgan fingerprint density at radius 2 is 2.24 bits per heavy atom. The van der Waals surface area contributed by atoms with Crippen LogP contribution < -0.4 is 0 Å². The number of amides is 1. The molecule has 116 valence electrons. The molecule has 2 rings (SSSR count). The molecule has 0 spiro atoms. The summed E-state index contributed by atoms with van der Waals surface area (Å²) in [6.45, 7) is 5.68. The number of hydrogen-bond acceptors (Lipinski definition) is 3. The number of carbonyl (C=O) groups is 2. The van der Waals surface area contributed by atoms with Gasteiger partial charge < -0.3 is 10.0 Å². The number of carbonyl (C=O) groups excluding carboxylic acids is 1. The SMILES string of the molecule is CCCCn1cc(C(=O)N2CCCC(C(=O)O)C2)c(C)n1. The summed E-state index contributed by atoms with van der Waals surface area (Å²) in [5.41, 5.74) is 1.31. The fraction of sp³-hybridized carbons (Fsp3) is 0.667. The maximum Gasteiger partial charge on any atom is 0.308 e. The minimum Gasteiger partial charge on any atom is -0.481 e. The molecule has 2 heterocycles. The number of piperidine rings is 1. The molecular weight excluding hydrogens is 270 g/mol. The van der Waals surface area contributed by atoms with Gasteiger partial charge in [-0.2, -0.15) is 5.10 Å². The first-order chi connectivity index (χ1) is 10.0. The number of carboxylic acids is 1. The van der Waals surface area contributed by atoms with Gasteiger partial charge in [0.1, 0.15) is 0 Å². The molecule has 0 aromatic carbocycles. The van der Waals surface area contributed by atoms with Crippen LogP contribution >= 0.6 is 0 Å². The molecule has 1 atom stereocenters. The zero-order valence-corrected chi connectivity index (χ0v) is 12.7. The molecule has 6 heteroatoms. The number of unbranched alkanes of at least 4 members (excludes halogenated alkanes) is 1. The van der Waals surface area contributed by atoms with E-state index in [1.54, 1.807) is 11.1 Å². The van der Waals surface area contributed by atoms with Gasteiger partial charge in [-0.05, 0) is 26.2 Å². The van der Waals surface area contributed by atoms with Crippen molar-refractivity contribution in [1.29, 1.82) is 0 Å². The summed E-state index contributed by atoms with van der Waals surface area (Å²) in [4.78, 5) is 25.3. The lowest BCUT2D eigenvalue weighted by atomic mass is 9.98. The molecule has 1 aromatic rings. The molecule has 1 aliphatic rings. The van der Waals surface area contributed by atoms with E-state index < -0.39 is 11.9 Å². The lowest BCUT2D eigenvalue weighted by molar-refractivity contribution is -0.143. The average molecular weight is 293 g/mol. The Morgan fingerprint density at radius 1 is 1.48 bits per heavy atom. The molecule has 1 N–H and O–H groups in total. The molecule has 0 aliphatic carbocycles. The fourth-order valence-corrected chi connectivity index (χ4v) is 2.70. The quantitative estimate of drug-likeness (QED) is 0.900. The van der Waals surface area contributed by atoms with Crippen molar-refractivity contribution >= 4 is 11.9 Å². The molecular formula is C15H23N3O3. The van der Waals surface area contributed by atoms with Crippen molar-refractivity contribution in [2.75, 3.05) is 13.1 Å². The Morgan fingerprint density at radius 3 is 2.90 bits per heavy atom. The zero-order chi connectivity index (χ0) is 15.4. The highest BCUT2D eigenvalue weighted by Gasteiger charge is 2.29. The van der Waals surface area contributed by atoms with Gasteiger partial charge in [0.15, 0.2) is 0 Å². The number of aliphatic carboxylic acids is 1. The number of likely N-dealkylation sites (tertiary alicyclic amines) is 1. The Balaban J connectivity index is 2.08. The van der Waals surface area contributed by atoms with Crippen LogP contribution in [0.5, 0.6) is 0 Å². The Hall–Kier alpha value is -1.85. The van der Waals surface area contributed by atoms with Gasteiger partial charge in [-0.3, -0.25) is 14.3 Å². The second-order valence-corrected chi connectivity index (χ2v) is 5.67. The van der Waals surface area contributed by atoms with Crippen molar-refractivity contribution < 1.29 is 14.7 Å². The number of nitrogens with zero attached hydrogens (tertiary/aromatic N) is 3. The predicted molar refractivity (Wildman–Crippen MR) is 78.1 cm³/mol. The van der Waals surface area contributed by atoms with Crippen LogP contribution in [0.4, 0.5) is 0 Å². The molecule has 1 aromatic heterocycles. The Bertz CT molecular complexity index is 524. The molecule has 0 radical (unpaired) electrons. The van der Waals surface area contributed by atoms with Gasteiger partial charge in [0.2, 0.25) is 0 Å². The predicted octanol–water partition coefficient (Wildman–Crippen LogP) is 1.93. The number of rotatable bonds is 5. The normalized spacial score (nSPS) is 18.8. The van der Waals surface area contributed by atoms with Crippen LogP contribution in [0.25, 0.3) is 0 Å². The highest BCUT2D eigenvalue weighted by molar-refractivity contribution is 5.95. The van der Waals surface area contributed by atoms with Crippen LogP contribution in [-0.2, 0) is 11.3 Å². The van der Waals surface area contributed by atoms with E-state index in [1.807, 2.05) is 11.6 Å². The zero-order valence-electron chi connectivity index (χ0n) is 12.7. The minimum atomic E-state index is -0.817. The third-order valence-corrected chi connectivity index (χ3v) is 3.98. The summed E-state index contributed by atoms with van der Waals surface area (Å²) < 4.78 is 1.81. The topological polar surface area (TPSA) is 75.4 Å².